The van der Waals surface area contributed by atoms with Crippen LogP contribution in [0.5, 0.6) is 0 Å². The van der Waals surface area contributed by atoms with Gasteiger partial charge in [-0.15, -0.1) is 6.58 Å². The van der Waals surface area contributed by atoms with E-state index in [1.807, 2.05) is 6.92 Å². The molecule has 0 fully saturated rings. The smallest absolute Gasteiger partial charge is 0.243 e. The molecule has 0 aliphatic rings. The molecule has 5 nitrogen and oxygen atoms in total. The van der Waals surface area contributed by atoms with Crippen LogP contribution in [-0.4, -0.2) is 37.5 Å². The van der Waals surface area contributed by atoms with Gasteiger partial charge in [0, 0.05) is 18.8 Å². The summed E-state index contributed by atoms with van der Waals surface area (Å²) in [6, 6.07) is 4.86. The van der Waals surface area contributed by atoms with Gasteiger partial charge >= 0.3 is 0 Å². The fourth-order valence-corrected chi connectivity index (χ4v) is 3.54. The van der Waals surface area contributed by atoms with Crippen LogP contribution in [0.25, 0.3) is 0 Å². The Hall–Kier alpha value is -1.37. The molecular weight excluding hydrogens is 264 g/mol. The van der Waals surface area contributed by atoms with Gasteiger partial charge in [-0.2, -0.15) is 4.31 Å². The first-order valence-electron chi connectivity index (χ1n) is 6.07. The standard InChI is InChI=1S/C13H20N2O3S/c1-3-7-15(8-9-16)19(17,18)13-10-12(14)6-5-11(13)4-2/h3,5-6,10,16H,1,4,7-9,14H2,2H3. The Kier molecular flexibility index (Phi) is 5.53. The van der Waals surface area contributed by atoms with Gasteiger partial charge in [-0.1, -0.05) is 19.1 Å². The van der Waals surface area contributed by atoms with Crippen molar-refractivity contribution in [1.82, 2.24) is 4.31 Å². The molecule has 0 aliphatic heterocycles. The average Bonchev–Trinajstić information content (AvgIpc) is 2.38. The van der Waals surface area contributed by atoms with Crippen molar-refractivity contribution in [2.45, 2.75) is 18.2 Å². The van der Waals surface area contributed by atoms with Crippen molar-refractivity contribution in [3.05, 3.63) is 36.4 Å². The Morgan fingerprint density at radius 2 is 2.16 bits per heavy atom. The molecule has 0 spiro atoms. The van der Waals surface area contributed by atoms with E-state index >= 15 is 0 Å². The lowest BCUT2D eigenvalue weighted by atomic mass is 10.1. The Balaban J connectivity index is 3.31. The van der Waals surface area contributed by atoms with Gasteiger partial charge in [0.1, 0.15) is 0 Å². The Morgan fingerprint density at radius 1 is 1.47 bits per heavy atom. The van der Waals surface area contributed by atoms with Crippen molar-refractivity contribution in [3.8, 4) is 0 Å². The molecule has 0 bridgehead atoms. The summed E-state index contributed by atoms with van der Waals surface area (Å²) in [4.78, 5) is 0.199. The summed E-state index contributed by atoms with van der Waals surface area (Å²) in [6.45, 7) is 5.37. The lowest BCUT2D eigenvalue weighted by molar-refractivity contribution is 0.260. The summed E-state index contributed by atoms with van der Waals surface area (Å²) < 4.78 is 26.3. The fourth-order valence-electron chi connectivity index (χ4n) is 1.81. The van der Waals surface area contributed by atoms with E-state index in [1.165, 1.54) is 16.4 Å². The molecule has 6 heteroatoms. The van der Waals surface area contributed by atoms with Gasteiger partial charge in [-0.25, -0.2) is 8.42 Å². The predicted molar refractivity (Wildman–Crippen MR) is 76.3 cm³/mol. The van der Waals surface area contributed by atoms with Crippen LogP contribution < -0.4 is 5.73 Å². The summed E-state index contributed by atoms with van der Waals surface area (Å²) in [5.74, 6) is 0. The number of aryl methyl sites for hydroxylation is 1. The van der Waals surface area contributed by atoms with Crippen LogP contribution in [0.15, 0.2) is 35.7 Å². The molecule has 3 N–H and O–H groups in total. The molecule has 0 radical (unpaired) electrons. The van der Waals surface area contributed by atoms with E-state index in [0.29, 0.717) is 17.7 Å². The first-order chi connectivity index (χ1) is 8.97. The third kappa shape index (κ3) is 3.56. The lowest BCUT2D eigenvalue weighted by Gasteiger charge is -2.21. The molecule has 0 heterocycles. The maximum absolute atomic E-state index is 12.6. The minimum absolute atomic E-state index is 0.0340. The predicted octanol–water partition coefficient (Wildman–Crippen LogP) is 1.00. The van der Waals surface area contributed by atoms with Crippen LogP contribution in [0.1, 0.15) is 12.5 Å². The molecule has 0 aromatic heterocycles. The van der Waals surface area contributed by atoms with Crippen LogP contribution in [0.3, 0.4) is 0 Å². The number of hydrogen-bond acceptors (Lipinski definition) is 4. The molecule has 106 valence electrons. The maximum Gasteiger partial charge on any atom is 0.243 e. The van der Waals surface area contributed by atoms with Crippen LogP contribution in [0, 0.1) is 0 Å². The molecule has 0 unspecified atom stereocenters. The summed E-state index contributed by atoms with van der Waals surface area (Å²) in [5, 5.41) is 8.99. The molecule has 19 heavy (non-hydrogen) atoms. The van der Waals surface area contributed by atoms with Gasteiger partial charge in [0.05, 0.1) is 11.5 Å². The molecule has 1 aromatic carbocycles. The molecule has 0 aliphatic carbocycles. The van der Waals surface area contributed by atoms with Crippen molar-refractivity contribution in [2.24, 2.45) is 0 Å². The van der Waals surface area contributed by atoms with E-state index < -0.39 is 10.0 Å². The third-order valence-electron chi connectivity index (χ3n) is 2.77. The average molecular weight is 284 g/mol. The monoisotopic (exact) mass is 284 g/mol. The third-order valence-corrected chi connectivity index (χ3v) is 4.72. The highest BCUT2D eigenvalue weighted by atomic mass is 32.2. The Labute approximate surface area is 114 Å². The van der Waals surface area contributed by atoms with Gasteiger partial charge in [-0.3, -0.25) is 0 Å². The number of benzene rings is 1. The van der Waals surface area contributed by atoms with Gasteiger partial charge < -0.3 is 10.8 Å². The largest absolute Gasteiger partial charge is 0.399 e. The SMILES string of the molecule is C=CCN(CCO)S(=O)(=O)c1cc(N)ccc1CC. The van der Waals surface area contributed by atoms with E-state index in [4.69, 9.17) is 10.8 Å². The summed E-state index contributed by atoms with van der Waals surface area (Å²) >= 11 is 0. The molecular formula is C13H20N2O3S. The first-order valence-corrected chi connectivity index (χ1v) is 7.51. The van der Waals surface area contributed by atoms with Crippen molar-refractivity contribution in [2.75, 3.05) is 25.4 Å². The van der Waals surface area contributed by atoms with E-state index in [2.05, 4.69) is 6.58 Å². The fraction of sp³-hybridized carbons (Fsp3) is 0.385. The Bertz CT molecular complexity index is 541. The second-order valence-electron chi connectivity index (χ2n) is 4.10. The van der Waals surface area contributed by atoms with Gasteiger partial charge in [-0.05, 0) is 24.1 Å². The van der Waals surface area contributed by atoms with Crippen LogP contribution in [0.2, 0.25) is 0 Å². The minimum Gasteiger partial charge on any atom is -0.399 e. The minimum atomic E-state index is -3.67. The number of aliphatic hydroxyl groups excluding tert-OH is 1. The highest BCUT2D eigenvalue weighted by Gasteiger charge is 2.25. The van der Waals surface area contributed by atoms with E-state index in [1.54, 1.807) is 12.1 Å². The highest BCUT2D eigenvalue weighted by molar-refractivity contribution is 7.89. The summed E-state index contributed by atoms with van der Waals surface area (Å²) in [7, 11) is -3.67. The van der Waals surface area contributed by atoms with Crippen LogP contribution in [-0.2, 0) is 16.4 Å². The number of nitrogens with zero attached hydrogens (tertiary/aromatic N) is 1. The molecule has 1 rings (SSSR count). The number of sulfonamides is 1. The van der Waals surface area contributed by atoms with Crippen molar-refractivity contribution in [1.29, 1.82) is 0 Å². The number of aliphatic hydroxyl groups is 1. The number of rotatable bonds is 7. The molecule has 1 aromatic rings. The topological polar surface area (TPSA) is 83.6 Å². The maximum atomic E-state index is 12.6. The molecule has 0 amide bonds. The van der Waals surface area contributed by atoms with E-state index in [-0.39, 0.29) is 24.6 Å². The number of nitrogen functional groups attached to an aromatic ring is 1. The zero-order valence-corrected chi connectivity index (χ0v) is 11.9. The van der Waals surface area contributed by atoms with Gasteiger partial charge in [0.2, 0.25) is 10.0 Å². The van der Waals surface area contributed by atoms with E-state index in [9.17, 15) is 8.42 Å². The summed E-state index contributed by atoms with van der Waals surface area (Å²) in [6.07, 6.45) is 2.08. The quantitative estimate of drug-likeness (QED) is 0.578. The number of hydrogen-bond donors (Lipinski definition) is 2. The second-order valence-corrected chi connectivity index (χ2v) is 6.00. The molecule has 0 saturated carbocycles. The zero-order chi connectivity index (χ0) is 14.5. The number of nitrogens with two attached hydrogens (primary N) is 1. The molecule has 0 atom stereocenters. The normalized spacial score (nSPS) is 11.7. The lowest BCUT2D eigenvalue weighted by Crippen LogP contribution is -2.34. The van der Waals surface area contributed by atoms with Crippen molar-refractivity contribution in [3.63, 3.8) is 0 Å². The van der Waals surface area contributed by atoms with Crippen molar-refractivity contribution >= 4 is 15.7 Å². The number of anilines is 1. The zero-order valence-electron chi connectivity index (χ0n) is 11.0. The van der Waals surface area contributed by atoms with Crippen LogP contribution in [0.4, 0.5) is 5.69 Å². The highest BCUT2D eigenvalue weighted by Crippen LogP contribution is 2.23. The Morgan fingerprint density at radius 3 is 2.68 bits per heavy atom. The van der Waals surface area contributed by atoms with Gasteiger partial charge in [0.15, 0.2) is 0 Å². The van der Waals surface area contributed by atoms with Crippen LogP contribution >= 0.6 is 0 Å². The van der Waals surface area contributed by atoms with E-state index in [0.717, 1.165) is 0 Å². The molecule has 0 saturated heterocycles. The van der Waals surface area contributed by atoms with Crippen molar-refractivity contribution < 1.29 is 13.5 Å². The van der Waals surface area contributed by atoms with Gasteiger partial charge in [0.25, 0.3) is 0 Å². The first kappa shape index (κ1) is 15.7. The summed E-state index contributed by atoms with van der Waals surface area (Å²) in [5.41, 5.74) is 6.79. The second kappa shape index (κ2) is 6.70.